The molecule has 1 amide bonds. The maximum atomic E-state index is 12.0. The monoisotopic (exact) mass is 369 g/mol. The zero-order chi connectivity index (χ0) is 15.2. The molecule has 2 aromatic rings. The second-order valence-electron chi connectivity index (χ2n) is 4.37. The van der Waals surface area contributed by atoms with E-state index in [1.807, 2.05) is 23.6 Å². The predicted molar refractivity (Wildman–Crippen MR) is 87.1 cm³/mol. The lowest BCUT2D eigenvalue weighted by atomic mass is 10.1. The van der Waals surface area contributed by atoms with Crippen molar-refractivity contribution in [2.75, 3.05) is 14.2 Å². The molecule has 0 aliphatic rings. The topological polar surface area (TPSA) is 47.6 Å². The maximum absolute atomic E-state index is 12.0. The normalized spacial score (nSPS) is 10.2. The lowest BCUT2D eigenvalue weighted by Crippen LogP contribution is -2.24. The fraction of sp³-hybridized carbons (Fsp3) is 0.267. The summed E-state index contributed by atoms with van der Waals surface area (Å²) in [5.74, 6) is 1.27. The van der Waals surface area contributed by atoms with E-state index < -0.39 is 0 Å². The highest BCUT2D eigenvalue weighted by atomic mass is 79.9. The van der Waals surface area contributed by atoms with Crippen LogP contribution >= 0.6 is 27.3 Å². The van der Waals surface area contributed by atoms with Crippen molar-refractivity contribution >= 4 is 33.2 Å². The van der Waals surface area contributed by atoms with Crippen LogP contribution in [0.25, 0.3) is 0 Å². The van der Waals surface area contributed by atoms with Crippen LogP contribution in [0.3, 0.4) is 0 Å². The summed E-state index contributed by atoms with van der Waals surface area (Å²) in [5.41, 5.74) is 0.887. The summed E-state index contributed by atoms with van der Waals surface area (Å²) in [6, 6.07) is 7.49. The van der Waals surface area contributed by atoms with Gasteiger partial charge in [-0.05, 0) is 39.7 Å². The average Bonchev–Trinajstić information content (AvgIpc) is 2.90. The first-order valence-corrected chi connectivity index (χ1v) is 8.00. The van der Waals surface area contributed by atoms with Crippen LogP contribution in [-0.2, 0) is 17.8 Å². The Labute approximate surface area is 136 Å². The van der Waals surface area contributed by atoms with Gasteiger partial charge in [-0.2, -0.15) is 0 Å². The summed E-state index contributed by atoms with van der Waals surface area (Å²) in [4.78, 5) is 13.1. The van der Waals surface area contributed by atoms with Crippen LogP contribution < -0.4 is 14.8 Å². The molecular formula is C15H16BrNO3S. The van der Waals surface area contributed by atoms with Gasteiger partial charge in [-0.1, -0.05) is 6.07 Å². The van der Waals surface area contributed by atoms with Crippen LogP contribution in [0.4, 0.5) is 0 Å². The third-order valence-electron chi connectivity index (χ3n) is 2.89. The van der Waals surface area contributed by atoms with E-state index in [9.17, 15) is 4.79 Å². The Bertz CT molecular complexity index is 627. The highest BCUT2D eigenvalue weighted by Gasteiger charge is 2.08. The number of ether oxygens (including phenoxy) is 2. The fourth-order valence-electron chi connectivity index (χ4n) is 1.87. The Hall–Kier alpha value is -1.53. The van der Waals surface area contributed by atoms with Crippen LogP contribution in [0.2, 0.25) is 0 Å². The summed E-state index contributed by atoms with van der Waals surface area (Å²) in [5, 5.41) is 4.90. The van der Waals surface area contributed by atoms with Gasteiger partial charge in [0.2, 0.25) is 5.91 Å². The van der Waals surface area contributed by atoms with E-state index in [0.717, 1.165) is 14.9 Å². The van der Waals surface area contributed by atoms with Crippen LogP contribution in [0, 0.1) is 0 Å². The number of carbonyl (C=O) groups excluding carboxylic acids is 1. The van der Waals surface area contributed by atoms with Crippen LogP contribution in [0.15, 0.2) is 34.1 Å². The number of amides is 1. The van der Waals surface area contributed by atoms with Gasteiger partial charge in [-0.25, -0.2) is 0 Å². The molecule has 0 spiro atoms. The molecule has 0 fully saturated rings. The van der Waals surface area contributed by atoms with Crippen LogP contribution in [0.5, 0.6) is 11.5 Å². The van der Waals surface area contributed by atoms with Crippen molar-refractivity contribution in [2.24, 2.45) is 0 Å². The molecule has 0 saturated heterocycles. The number of rotatable bonds is 6. The van der Waals surface area contributed by atoms with Crippen molar-refractivity contribution in [2.45, 2.75) is 13.0 Å². The summed E-state index contributed by atoms with van der Waals surface area (Å²) in [6.07, 6.45) is 0.312. The lowest BCUT2D eigenvalue weighted by Gasteiger charge is -2.09. The van der Waals surface area contributed by atoms with E-state index in [4.69, 9.17) is 9.47 Å². The van der Waals surface area contributed by atoms with Gasteiger partial charge in [0, 0.05) is 14.7 Å². The molecule has 0 aliphatic heterocycles. The van der Waals surface area contributed by atoms with E-state index >= 15 is 0 Å². The summed E-state index contributed by atoms with van der Waals surface area (Å²) in [6.45, 7) is 0.544. The highest BCUT2D eigenvalue weighted by Crippen LogP contribution is 2.27. The number of methoxy groups -OCH3 is 2. The fourth-order valence-corrected chi connectivity index (χ4v) is 3.26. The van der Waals surface area contributed by atoms with E-state index in [1.165, 1.54) is 0 Å². The number of benzene rings is 1. The first kappa shape index (κ1) is 15.9. The van der Waals surface area contributed by atoms with Crippen molar-refractivity contribution in [3.63, 3.8) is 0 Å². The molecule has 2 rings (SSSR count). The minimum Gasteiger partial charge on any atom is -0.493 e. The van der Waals surface area contributed by atoms with Gasteiger partial charge in [0.05, 0.1) is 27.2 Å². The van der Waals surface area contributed by atoms with Gasteiger partial charge in [-0.15, -0.1) is 11.3 Å². The minimum absolute atomic E-state index is 0.0215. The third-order valence-corrected chi connectivity index (χ3v) is 4.59. The second kappa shape index (κ2) is 7.47. The van der Waals surface area contributed by atoms with Crippen molar-refractivity contribution < 1.29 is 14.3 Å². The predicted octanol–water partition coefficient (Wildman–Crippen LogP) is 3.39. The van der Waals surface area contributed by atoms with Gasteiger partial charge < -0.3 is 14.8 Å². The number of carbonyl (C=O) groups is 1. The van der Waals surface area contributed by atoms with Gasteiger partial charge in [0.25, 0.3) is 0 Å². The Morgan fingerprint density at radius 1 is 1.24 bits per heavy atom. The smallest absolute Gasteiger partial charge is 0.224 e. The van der Waals surface area contributed by atoms with E-state index in [1.54, 1.807) is 31.6 Å². The largest absolute Gasteiger partial charge is 0.493 e. The Morgan fingerprint density at radius 3 is 2.62 bits per heavy atom. The van der Waals surface area contributed by atoms with Crippen LogP contribution in [-0.4, -0.2) is 20.1 Å². The molecule has 1 aromatic carbocycles. The summed E-state index contributed by atoms with van der Waals surface area (Å²) < 4.78 is 11.4. The first-order valence-electron chi connectivity index (χ1n) is 6.33. The molecule has 1 heterocycles. The van der Waals surface area contributed by atoms with E-state index in [-0.39, 0.29) is 5.91 Å². The quantitative estimate of drug-likeness (QED) is 0.848. The summed E-state index contributed by atoms with van der Waals surface area (Å²) in [7, 11) is 3.17. The van der Waals surface area contributed by atoms with Gasteiger partial charge in [0.1, 0.15) is 0 Å². The zero-order valence-electron chi connectivity index (χ0n) is 11.8. The first-order chi connectivity index (χ1) is 10.1. The van der Waals surface area contributed by atoms with Crippen molar-refractivity contribution in [1.82, 2.24) is 5.32 Å². The molecule has 1 aromatic heterocycles. The summed E-state index contributed by atoms with van der Waals surface area (Å²) >= 11 is 5.01. The Morgan fingerprint density at radius 2 is 2.00 bits per heavy atom. The van der Waals surface area contributed by atoms with Gasteiger partial charge in [-0.3, -0.25) is 4.79 Å². The standard InChI is InChI=1S/C15H16BrNO3S/c1-19-13-4-3-10(5-14(13)20-2)6-15(18)17-8-12-7-11(16)9-21-12/h3-5,7,9H,6,8H2,1-2H3,(H,17,18). The Kier molecular flexibility index (Phi) is 5.64. The minimum atomic E-state index is -0.0215. The second-order valence-corrected chi connectivity index (χ2v) is 6.29. The number of hydrogen-bond acceptors (Lipinski definition) is 4. The molecule has 4 nitrogen and oxygen atoms in total. The SMILES string of the molecule is COc1ccc(CC(=O)NCc2cc(Br)cs2)cc1OC. The van der Waals surface area contributed by atoms with Gasteiger partial charge >= 0.3 is 0 Å². The Balaban J connectivity index is 1.93. The molecule has 1 N–H and O–H groups in total. The third kappa shape index (κ3) is 4.47. The molecule has 112 valence electrons. The highest BCUT2D eigenvalue weighted by molar-refractivity contribution is 9.10. The van der Waals surface area contributed by atoms with Crippen molar-refractivity contribution in [1.29, 1.82) is 0 Å². The number of hydrogen-bond donors (Lipinski definition) is 1. The molecule has 21 heavy (non-hydrogen) atoms. The molecule has 6 heteroatoms. The van der Waals surface area contributed by atoms with Crippen molar-refractivity contribution in [3.8, 4) is 11.5 Å². The molecule has 0 atom stereocenters. The van der Waals surface area contributed by atoms with Crippen LogP contribution in [0.1, 0.15) is 10.4 Å². The average molecular weight is 370 g/mol. The lowest BCUT2D eigenvalue weighted by molar-refractivity contribution is -0.120. The number of nitrogens with one attached hydrogen (secondary N) is 1. The maximum Gasteiger partial charge on any atom is 0.224 e. The number of halogens is 1. The molecule has 0 unspecified atom stereocenters. The van der Waals surface area contributed by atoms with Crippen molar-refractivity contribution in [3.05, 3.63) is 44.6 Å². The molecular weight excluding hydrogens is 354 g/mol. The molecule has 0 aliphatic carbocycles. The van der Waals surface area contributed by atoms with E-state index in [2.05, 4.69) is 21.2 Å². The molecule has 0 radical (unpaired) electrons. The zero-order valence-corrected chi connectivity index (χ0v) is 14.2. The number of thiophene rings is 1. The molecule has 0 bridgehead atoms. The van der Waals surface area contributed by atoms with Gasteiger partial charge in [0.15, 0.2) is 11.5 Å². The molecule has 0 saturated carbocycles. The van der Waals surface area contributed by atoms with E-state index in [0.29, 0.717) is 24.5 Å².